The highest BCUT2D eigenvalue weighted by Crippen LogP contribution is 2.28. The van der Waals surface area contributed by atoms with Crippen molar-refractivity contribution in [2.75, 3.05) is 6.54 Å². The number of nitrogens with zero attached hydrogens (tertiary/aromatic N) is 2. The number of pyridine rings is 1. The number of likely N-dealkylation sites (tertiary alicyclic amines) is 1. The summed E-state index contributed by atoms with van der Waals surface area (Å²) < 4.78 is 0. The summed E-state index contributed by atoms with van der Waals surface area (Å²) in [5.74, 6) is -0.952. The smallest absolute Gasteiger partial charge is 0.329 e. The predicted molar refractivity (Wildman–Crippen MR) is 77.8 cm³/mol. The minimum absolute atomic E-state index is 0.303. The number of urea groups is 1. The third-order valence-corrected chi connectivity index (χ3v) is 4.12. The van der Waals surface area contributed by atoms with Gasteiger partial charge in [0.25, 0.3) is 0 Å². The lowest BCUT2D eigenvalue weighted by molar-refractivity contribution is -0.150. The molecular weight excluding hydrogens is 270 g/mol. The molecule has 0 aromatic carbocycles. The van der Waals surface area contributed by atoms with Crippen LogP contribution in [0.2, 0.25) is 0 Å². The van der Waals surface area contributed by atoms with Gasteiger partial charge in [0.05, 0.1) is 12.2 Å². The van der Waals surface area contributed by atoms with Crippen molar-refractivity contribution < 1.29 is 14.7 Å². The highest BCUT2D eigenvalue weighted by molar-refractivity contribution is 5.86. The fourth-order valence-electron chi connectivity index (χ4n) is 2.63. The van der Waals surface area contributed by atoms with Crippen molar-refractivity contribution in [1.29, 1.82) is 0 Å². The monoisotopic (exact) mass is 291 g/mol. The first-order valence-electron chi connectivity index (χ1n) is 7.14. The van der Waals surface area contributed by atoms with Gasteiger partial charge in [0.1, 0.15) is 5.54 Å². The summed E-state index contributed by atoms with van der Waals surface area (Å²) in [5.41, 5.74) is 0.666. The van der Waals surface area contributed by atoms with Crippen LogP contribution >= 0.6 is 0 Å². The van der Waals surface area contributed by atoms with Gasteiger partial charge in [-0.25, -0.2) is 9.59 Å². The van der Waals surface area contributed by atoms with Gasteiger partial charge < -0.3 is 15.3 Å². The summed E-state index contributed by atoms with van der Waals surface area (Å²) in [7, 11) is 0. The van der Waals surface area contributed by atoms with Crippen molar-refractivity contribution in [2.45, 2.75) is 45.2 Å². The van der Waals surface area contributed by atoms with E-state index in [4.69, 9.17) is 0 Å². The number of hydrogen-bond acceptors (Lipinski definition) is 3. The number of carbonyl (C=O) groups excluding carboxylic acids is 1. The summed E-state index contributed by atoms with van der Waals surface area (Å²) in [6.45, 7) is 4.31. The maximum absolute atomic E-state index is 12.3. The number of aryl methyl sites for hydroxylation is 1. The number of amides is 2. The second kappa shape index (κ2) is 6.11. The zero-order valence-corrected chi connectivity index (χ0v) is 12.4. The van der Waals surface area contributed by atoms with Gasteiger partial charge in [-0.1, -0.05) is 6.07 Å². The lowest BCUT2D eigenvalue weighted by atomic mass is 9.89. The topological polar surface area (TPSA) is 82.5 Å². The molecule has 1 fully saturated rings. The summed E-state index contributed by atoms with van der Waals surface area (Å²) in [6, 6.07) is 3.42. The van der Waals surface area contributed by atoms with Crippen LogP contribution in [0.5, 0.6) is 0 Å². The molecule has 1 unspecified atom stereocenters. The van der Waals surface area contributed by atoms with Crippen molar-refractivity contribution in [3.63, 3.8) is 0 Å². The van der Waals surface area contributed by atoms with Crippen molar-refractivity contribution in [2.24, 2.45) is 0 Å². The van der Waals surface area contributed by atoms with E-state index >= 15 is 0 Å². The first-order valence-corrected chi connectivity index (χ1v) is 7.14. The Hall–Kier alpha value is -2.11. The predicted octanol–water partition coefficient (Wildman–Crippen LogP) is 1.93. The van der Waals surface area contributed by atoms with E-state index in [0.29, 0.717) is 19.5 Å². The highest BCUT2D eigenvalue weighted by Gasteiger charge is 2.43. The molecule has 1 aliphatic rings. The molecule has 21 heavy (non-hydrogen) atoms. The molecule has 2 rings (SSSR count). The molecule has 1 aliphatic heterocycles. The van der Waals surface area contributed by atoms with E-state index in [1.807, 2.05) is 19.1 Å². The molecule has 1 atom stereocenters. The molecular formula is C15H21N3O3. The minimum atomic E-state index is -1.12. The maximum Gasteiger partial charge on any atom is 0.329 e. The normalized spacial score (nSPS) is 21.9. The highest BCUT2D eigenvalue weighted by atomic mass is 16.4. The summed E-state index contributed by atoms with van der Waals surface area (Å²) in [4.78, 5) is 29.5. The average Bonchev–Trinajstić information content (AvgIpc) is 2.46. The Kier molecular flexibility index (Phi) is 4.45. The van der Waals surface area contributed by atoms with Crippen LogP contribution in [0, 0.1) is 6.92 Å². The number of hydrogen-bond donors (Lipinski definition) is 2. The lowest BCUT2D eigenvalue weighted by Gasteiger charge is -2.41. The first-order chi connectivity index (χ1) is 9.95. The van der Waals surface area contributed by atoms with Gasteiger partial charge in [0, 0.05) is 12.7 Å². The van der Waals surface area contributed by atoms with Crippen LogP contribution in [0.3, 0.4) is 0 Å². The molecule has 0 radical (unpaired) electrons. The van der Waals surface area contributed by atoms with Gasteiger partial charge in [-0.2, -0.15) is 0 Å². The van der Waals surface area contributed by atoms with E-state index in [1.54, 1.807) is 13.1 Å². The van der Waals surface area contributed by atoms with Crippen LogP contribution in [0.25, 0.3) is 0 Å². The molecule has 6 nitrogen and oxygen atoms in total. The zero-order chi connectivity index (χ0) is 15.5. The number of carboxylic acid groups (broad SMARTS) is 1. The van der Waals surface area contributed by atoms with E-state index in [9.17, 15) is 14.7 Å². The van der Waals surface area contributed by atoms with Crippen LogP contribution in [-0.2, 0) is 11.3 Å². The fraction of sp³-hybridized carbons (Fsp3) is 0.533. The maximum atomic E-state index is 12.3. The van der Waals surface area contributed by atoms with Gasteiger partial charge in [-0.3, -0.25) is 4.98 Å². The van der Waals surface area contributed by atoms with Gasteiger partial charge >= 0.3 is 12.0 Å². The molecule has 1 saturated heterocycles. The number of aliphatic carboxylic acids is 1. The number of piperidine rings is 1. The van der Waals surface area contributed by atoms with Crippen LogP contribution in [-0.4, -0.2) is 39.1 Å². The Labute approximate surface area is 124 Å². The number of carboxylic acids is 1. The van der Waals surface area contributed by atoms with E-state index < -0.39 is 11.5 Å². The number of carbonyl (C=O) groups is 2. The molecule has 1 aromatic rings. The second-order valence-corrected chi connectivity index (χ2v) is 5.61. The quantitative estimate of drug-likeness (QED) is 0.891. The third-order valence-electron chi connectivity index (χ3n) is 4.12. The average molecular weight is 291 g/mol. The van der Waals surface area contributed by atoms with Crippen molar-refractivity contribution in [1.82, 2.24) is 15.2 Å². The number of aromatic nitrogens is 1. The minimum Gasteiger partial charge on any atom is -0.480 e. The van der Waals surface area contributed by atoms with Crippen molar-refractivity contribution in [3.05, 3.63) is 29.6 Å². The fourth-order valence-corrected chi connectivity index (χ4v) is 2.63. The Morgan fingerprint density at radius 2 is 2.24 bits per heavy atom. The molecule has 1 aromatic heterocycles. The van der Waals surface area contributed by atoms with Crippen molar-refractivity contribution >= 4 is 12.0 Å². The number of nitrogens with one attached hydrogen (secondary N) is 1. The van der Waals surface area contributed by atoms with Crippen LogP contribution < -0.4 is 5.32 Å². The standard InChI is InChI=1S/C15H21N3O3/c1-11-6-5-8-16-12(11)10-17-14(21)18-9-4-3-7-15(18,2)13(19)20/h5-6,8H,3-4,7,9-10H2,1-2H3,(H,17,21)(H,19,20). The van der Waals surface area contributed by atoms with Gasteiger partial charge in [-0.05, 0) is 44.7 Å². The molecule has 0 saturated carbocycles. The van der Waals surface area contributed by atoms with E-state index in [-0.39, 0.29) is 6.03 Å². The Morgan fingerprint density at radius 3 is 2.90 bits per heavy atom. The van der Waals surface area contributed by atoms with Crippen LogP contribution in [0.15, 0.2) is 18.3 Å². The molecule has 0 spiro atoms. The van der Waals surface area contributed by atoms with Crippen LogP contribution in [0.1, 0.15) is 37.4 Å². The van der Waals surface area contributed by atoms with Gasteiger partial charge in [0.15, 0.2) is 0 Å². The SMILES string of the molecule is Cc1cccnc1CNC(=O)N1CCCCC1(C)C(=O)O. The molecule has 114 valence electrons. The largest absolute Gasteiger partial charge is 0.480 e. The Balaban J connectivity index is 2.05. The lowest BCUT2D eigenvalue weighted by Crippen LogP contribution is -2.59. The van der Waals surface area contributed by atoms with Gasteiger partial charge in [-0.15, -0.1) is 0 Å². The first kappa shape index (κ1) is 15.3. The molecule has 0 bridgehead atoms. The third kappa shape index (κ3) is 3.15. The van der Waals surface area contributed by atoms with E-state index in [0.717, 1.165) is 24.1 Å². The molecule has 0 aliphatic carbocycles. The summed E-state index contributed by atoms with van der Waals surface area (Å²) in [6.07, 6.45) is 3.82. The van der Waals surface area contributed by atoms with E-state index in [2.05, 4.69) is 10.3 Å². The van der Waals surface area contributed by atoms with Gasteiger partial charge in [0.2, 0.25) is 0 Å². The number of rotatable bonds is 3. The zero-order valence-electron chi connectivity index (χ0n) is 12.4. The van der Waals surface area contributed by atoms with E-state index in [1.165, 1.54) is 4.90 Å². The van der Waals surface area contributed by atoms with Crippen LogP contribution in [0.4, 0.5) is 4.79 Å². The molecule has 2 N–H and O–H groups in total. The van der Waals surface area contributed by atoms with Crippen molar-refractivity contribution in [3.8, 4) is 0 Å². The second-order valence-electron chi connectivity index (χ2n) is 5.61. The summed E-state index contributed by atoms with van der Waals surface area (Å²) >= 11 is 0. The molecule has 6 heteroatoms. The Bertz CT molecular complexity index is 547. The Morgan fingerprint density at radius 1 is 1.48 bits per heavy atom. The summed E-state index contributed by atoms with van der Waals surface area (Å²) in [5, 5.41) is 12.2. The molecule has 2 heterocycles. The molecule has 2 amide bonds.